The summed E-state index contributed by atoms with van der Waals surface area (Å²) < 4.78 is 18.6. The van der Waals surface area contributed by atoms with E-state index in [0.29, 0.717) is 28.0 Å². The van der Waals surface area contributed by atoms with Gasteiger partial charge >= 0.3 is 0 Å². The smallest absolute Gasteiger partial charge is 0.298 e. The molecule has 3 aromatic carbocycles. The molecule has 0 bridgehead atoms. The Morgan fingerprint density at radius 2 is 1.67 bits per heavy atom. The Kier molecular flexibility index (Phi) is 5.88. The van der Waals surface area contributed by atoms with Gasteiger partial charge in [-0.25, -0.2) is 9.29 Å². The third-order valence-corrected chi connectivity index (χ3v) is 5.57. The number of carbonyl (C=O) groups excluding carboxylic acids is 2. The van der Waals surface area contributed by atoms with E-state index in [1.807, 2.05) is 0 Å². The summed E-state index contributed by atoms with van der Waals surface area (Å²) in [6, 6.07) is 20.0. The van der Waals surface area contributed by atoms with Crippen LogP contribution >= 0.6 is 23.4 Å². The predicted octanol–water partition coefficient (Wildman–Crippen LogP) is 6.30. The Morgan fingerprint density at radius 1 is 0.967 bits per heavy atom. The van der Waals surface area contributed by atoms with Gasteiger partial charge in [0.1, 0.15) is 18.2 Å². The summed E-state index contributed by atoms with van der Waals surface area (Å²) >= 11 is 7.01. The molecule has 2 amide bonds. The third-order valence-electron chi connectivity index (χ3n) is 4.38. The number of thioether (sulfide) groups is 1. The molecule has 0 aromatic heterocycles. The Morgan fingerprint density at radius 3 is 2.37 bits per heavy atom. The summed E-state index contributed by atoms with van der Waals surface area (Å²) in [4.78, 5) is 26.5. The van der Waals surface area contributed by atoms with Crippen LogP contribution in [0.2, 0.25) is 5.02 Å². The minimum Gasteiger partial charge on any atom is -0.489 e. The molecule has 0 radical (unpaired) electrons. The van der Waals surface area contributed by atoms with Crippen molar-refractivity contribution in [2.75, 3.05) is 4.90 Å². The monoisotopic (exact) mass is 439 g/mol. The van der Waals surface area contributed by atoms with E-state index >= 15 is 0 Å². The lowest BCUT2D eigenvalue weighted by atomic mass is 10.2. The quantitative estimate of drug-likeness (QED) is 0.438. The van der Waals surface area contributed by atoms with Gasteiger partial charge in [0.05, 0.1) is 15.6 Å². The highest BCUT2D eigenvalue weighted by molar-refractivity contribution is 8.19. The van der Waals surface area contributed by atoms with Crippen LogP contribution in [0.5, 0.6) is 5.75 Å². The number of benzene rings is 3. The molecule has 4 nitrogen and oxygen atoms in total. The molecular weight excluding hydrogens is 425 g/mol. The van der Waals surface area contributed by atoms with Gasteiger partial charge in [0, 0.05) is 0 Å². The zero-order valence-electron chi connectivity index (χ0n) is 15.5. The van der Waals surface area contributed by atoms with Crippen molar-refractivity contribution in [1.29, 1.82) is 0 Å². The second kappa shape index (κ2) is 8.73. The molecule has 4 rings (SSSR count). The lowest BCUT2D eigenvalue weighted by Crippen LogP contribution is -2.27. The minimum atomic E-state index is -0.408. The van der Waals surface area contributed by atoms with Crippen molar-refractivity contribution in [3.05, 3.63) is 99.7 Å². The van der Waals surface area contributed by atoms with Crippen molar-refractivity contribution in [2.45, 2.75) is 6.61 Å². The molecule has 3 aromatic rings. The summed E-state index contributed by atoms with van der Waals surface area (Å²) in [5.41, 5.74) is 1.98. The van der Waals surface area contributed by atoms with Gasteiger partial charge in [-0.3, -0.25) is 9.59 Å². The molecule has 0 unspecified atom stereocenters. The second-order valence-corrected chi connectivity index (χ2v) is 7.85. The molecule has 1 saturated heterocycles. The van der Waals surface area contributed by atoms with E-state index in [9.17, 15) is 14.0 Å². The van der Waals surface area contributed by atoms with Crippen molar-refractivity contribution in [3.63, 3.8) is 0 Å². The Labute approximate surface area is 181 Å². The SMILES string of the molecule is O=C1S/C(=C\c2ccc(OCc3ccc(F)cc3)cc2)C(=O)N1c1ccccc1Cl. The van der Waals surface area contributed by atoms with Crippen LogP contribution in [0.25, 0.3) is 6.08 Å². The Hall–Kier alpha value is -3.09. The molecule has 0 aliphatic carbocycles. The van der Waals surface area contributed by atoms with Gasteiger partial charge in [0.25, 0.3) is 11.1 Å². The molecule has 1 aliphatic rings. The summed E-state index contributed by atoms with van der Waals surface area (Å²) in [6.45, 7) is 0.316. The lowest BCUT2D eigenvalue weighted by Gasteiger charge is -2.13. The first-order chi connectivity index (χ1) is 14.5. The number of amides is 2. The van der Waals surface area contributed by atoms with E-state index in [1.54, 1.807) is 66.7 Å². The van der Waals surface area contributed by atoms with Crippen LogP contribution in [0.4, 0.5) is 14.9 Å². The second-order valence-electron chi connectivity index (χ2n) is 6.45. The molecule has 0 spiro atoms. The van der Waals surface area contributed by atoms with E-state index in [1.165, 1.54) is 12.1 Å². The largest absolute Gasteiger partial charge is 0.489 e. The highest BCUT2D eigenvalue weighted by atomic mass is 35.5. The fraction of sp³-hybridized carbons (Fsp3) is 0.0435. The molecule has 1 fully saturated rings. The van der Waals surface area contributed by atoms with Gasteiger partial charge in [0.15, 0.2) is 0 Å². The highest BCUT2D eigenvalue weighted by Gasteiger charge is 2.37. The van der Waals surface area contributed by atoms with Crippen molar-refractivity contribution in [1.82, 2.24) is 0 Å². The van der Waals surface area contributed by atoms with Gasteiger partial charge in [-0.15, -0.1) is 0 Å². The topological polar surface area (TPSA) is 46.6 Å². The fourth-order valence-corrected chi connectivity index (χ4v) is 3.92. The van der Waals surface area contributed by atoms with E-state index in [0.717, 1.165) is 27.8 Å². The minimum absolute atomic E-state index is 0.290. The molecular formula is C23H15ClFNO3S. The molecule has 1 heterocycles. The third kappa shape index (κ3) is 4.40. The van der Waals surface area contributed by atoms with Gasteiger partial charge in [-0.2, -0.15) is 0 Å². The molecule has 0 N–H and O–H groups in total. The first-order valence-corrected chi connectivity index (χ1v) is 10.2. The number of halogens is 2. The number of hydrogen-bond acceptors (Lipinski definition) is 4. The van der Waals surface area contributed by atoms with Crippen molar-refractivity contribution in [2.24, 2.45) is 0 Å². The van der Waals surface area contributed by atoms with Gasteiger partial charge in [-0.05, 0) is 65.4 Å². The zero-order valence-corrected chi connectivity index (χ0v) is 17.1. The van der Waals surface area contributed by atoms with Crippen LogP contribution in [0.3, 0.4) is 0 Å². The number of rotatable bonds is 5. The molecule has 0 saturated carbocycles. The van der Waals surface area contributed by atoms with Crippen LogP contribution in [0.1, 0.15) is 11.1 Å². The summed E-state index contributed by atoms with van der Waals surface area (Å²) in [6.07, 6.45) is 1.66. The average molecular weight is 440 g/mol. The first kappa shape index (κ1) is 20.2. The van der Waals surface area contributed by atoms with Crippen LogP contribution in [0.15, 0.2) is 77.7 Å². The maximum atomic E-state index is 13.0. The fourth-order valence-electron chi connectivity index (χ4n) is 2.87. The molecule has 150 valence electrons. The zero-order chi connectivity index (χ0) is 21.1. The van der Waals surface area contributed by atoms with Crippen LogP contribution in [0, 0.1) is 5.82 Å². The number of nitrogens with zero attached hydrogens (tertiary/aromatic N) is 1. The van der Waals surface area contributed by atoms with Gasteiger partial charge < -0.3 is 4.74 Å². The van der Waals surface area contributed by atoms with E-state index < -0.39 is 11.1 Å². The summed E-state index contributed by atoms with van der Waals surface area (Å²) in [5, 5.41) is -0.0534. The summed E-state index contributed by atoms with van der Waals surface area (Å²) in [5.74, 6) is -0.0579. The molecule has 7 heteroatoms. The highest BCUT2D eigenvalue weighted by Crippen LogP contribution is 2.38. The van der Waals surface area contributed by atoms with Gasteiger partial charge in [0.2, 0.25) is 0 Å². The number of imide groups is 1. The average Bonchev–Trinajstić information content (AvgIpc) is 3.02. The molecule has 30 heavy (non-hydrogen) atoms. The number of para-hydroxylation sites is 1. The van der Waals surface area contributed by atoms with Crippen molar-refractivity contribution < 1.29 is 18.7 Å². The number of carbonyl (C=O) groups is 2. The Bertz CT molecular complexity index is 1130. The normalized spacial score (nSPS) is 15.1. The molecule has 0 atom stereocenters. The van der Waals surface area contributed by atoms with Crippen LogP contribution < -0.4 is 9.64 Å². The lowest BCUT2D eigenvalue weighted by molar-refractivity contribution is -0.113. The predicted molar refractivity (Wildman–Crippen MR) is 117 cm³/mol. The van der Waals surface area contributed by atoms with E-state index in [-0.39, 0.29) is 5.82 Å². The number of anilines is 1. The summed E-state index contributed by atoms with van der Waals surface area (Å²) in [7, 11) is 0. The standard InChI is InChI=1S/C23H15ClFNO3S/c24-19-3-1-2-4-20(19)26-22(27)21(30-23(26)28)13-15-7-11-18(12-8-15)29-14-16-5-9-17(25)10-6-16/h1-13H,14H2/b21-13-. The maximum absolute atomic E-state index is 13.0. The maximum Gasteiger partial charge on any atom is 0.298 e. The van der Waals surface area contributed by atoms with Crippen molar-refractivity contribution in [3.8, 4) is 5.75 Å². The van der Waals surface area contributed by atoms with Gasteiger partial charge in [-0.1, -0.05) is 48.0 Å². The number of hydrogen-bond donors (Lipinski definition) is 0. The first-order valence-electron chi connectivity index (χ1n) is 9.01. The van der Waals surface area contributed by atoms with Crippen LogP contribution in [-0.2, 0) is 11.4 Å². The number of ether oxygens (including phenoxy) is 1. The Balaban J connectivity index is 1.46. The van der Waals surface area contributed by atoms with Crippen molar-refractivity contribution >= 4 is 46.3 Å². The molecule has 1 aliphatic heterocycles. The van der Waals surface area contributed by atoms with Crippen LogP contribution in [-0.4, -0.2) is 11.1 Å². The van der Waals surface area contributed by atoms with E-state index in [4.69, 9.17) is 16.3 Å². The van der Waals surface area contributed by atoms with E-state index in [2.05, 4.69) is 0 Å².